The SMILES string of the molecule is NS(=O)(=O)Cc1ccc(NCC2CCCO2)cc1. The first-order valence-electron chi connectivity index (χ1n) is 5.98. The molecular weight excluding hydrogens is 252 g/mol. The van der Waals surface area contributed by atoms with Gasteiger partial charge in [0.15, 0.2) is 0 Å². The van der Waals surface area contributed by atoms with Crippen molar-refractivity contribution < 1.29 is 13.2 Å². The summed E-state index contributed by atoms with van der Waals surface area (Å²) >= 11 is 0. The molecule has 0 saturated carbocycles. The van der Waals surface area contributed by atoms with Crippen LogP contribution in [-0.4, -0.2) is 27.7 Å². The normalized spacial score (nSPS) is 19.9. The highest BCUT2D eigenvalue weighted by molar-refractivity contribution is 7.88. The zero-order chi connectivity index (χ0) is 13.0. The van der Waals surface area contributed by atoms with Crippen molar-refractivity contribution in [2.75, 3.05) is 18.5 Å². The fourth-order valence-corrected chi connectivity index (χ4v) is 2.65. The summed E-state index contributed by atoms with van der Waals surface area (Å²) in [6, 6.07) is 7.25. The molecule has 0 amide bonds. The zero-order valence-corrected chi connectivity index (χ0v) is 10.9. The molecule has 1 aliphatic heterocycles. The number of hydrogen-bond acceptors (Lipinski definition) is 4. The van der Waals surface area contributed by atoms with E-state index in [1.165, 1.54) is 0 Å². The Kier molecular flexibility index (Phi) is 4.21. The molecule has 1 aliphatic rings. The van der Waals surface area contributed by atoms with E-state index >= 15 is 0 Å². The highest BCUT2D eigenvalue weighted by Crippen LogP contribution is 2.15. The lowest BCUT2D eigenvalue weighted by molar-refractivity contribution is 0.120. The van der Waals surface area contributed by atoms with Crippen LogP contribution in [-0.2, 0) is 20.5 Å². The number of nitrogens with two attached hydrogens (primary N) is 1. The van der Waals surface area contributed by atoms with Crippen LogP contribution in [0.25, 0.3) is 0 Å². The maximum atomic E-state index is 10.9. The first-order valence-corrected chi connectivity index (χ1v) is 7.69. The molecule has 0 aliphatic carbocycles. The minimum Gasteiger partial charge on any atom is -0.382 e. The Morgan fingerprint density at radius 2 is 2.06 bits per heavy atom. The van der Waals surface area contributed by atoms with Crippen molar-refractivity contribution in [3.63, 3.8) is 0 Å². The van der Waals surface area contributed by atoms with Gasteiger partial charge in [0, 0.05) is 18.8 Å². The Morgan fingerprint density at radius 3 is 2.61 bits per heavy atom. The Hall–Kier alpha value is -1.11. The van der Waals surface area contributed by atoms with Crippen LogP contribution < -0.4 is 10.5 Å². The molecule has 1 unspecified atom stereocenters. The molecule has 5 nitrogen and oxygen atoms in total. The van der Waals surface area contributed by atoms with Gasteiger partial charge in [0.25, 0.3) is 0 Å². The molecule has 3 N–H and O–H groups in total. The lowest BCUT2D eigenvalue weighted by atomic mass is 10.2. The molecule has 1 atom stereocenters. The maximum Gasteiger partial charge on any atom is 0.213 e. The van der Waals surface area contributed by atoms with Crippen LogP contribution in [0.3, 0.4) is 0 Å². The average molecular weight is 270 g/mol. The molecule has 1 saturated heterocycles. The third-order valence-corrected chi connectivity index (χ3v) is 3.62. The second-order valence-electron chi connectivity index (χ2n) is 4.52. The Labute approximate surface area is 107 Å². The van der Waals surface area contributed by atoms with E-state index < -0.39 is 10.0 Å². The summed E-state index contributed by atoms with van der Waals surface area (Å²) < 4.78 is 27.4. The van der Waals surface area contributed by atoms with Crippen molar-refractivity contribution in [1.29, 1.82) is 0 Å². The fraction of sp³-hybridized carbons (Fsp3) is 0.500. The molecule has 0 spiro atoms. The first kappa shape index (κ1) is 13.3. The van der Waals surface area contributed by atoms with Gasteiger partial charge < -0.3 is 10.1 Å². The number of primary sulfonamides is 1. The van der Waals surface area contributed by atoms with Gasteiger partial charge in [0.1, 0.15) is 0 Å². The fourth-order valence-electron chi connectivity index (χ4n) is 1.99. The van der Waals surface area contributed by atoms with Gasteiger partial charge in [-0.05, 0) is 30.5 Å². The lowest BCUT2D eigenvalue weighted by Gasteiger charge is -2.12. The third kappa shape index (κ3) is 4.29. The summed E-state index contributed by atoms with van der Waals surface area (Å²) in [6.07, 6.45) is 2.50. The molecule has 1 aromatic rings. The van der Waals surface area contributed by atoms with Crippen LogP contribution in [0.1, 0.15) is 18.4 Å². The monoisotopic (exact) mass is 270 g/mol. The minimum absolute atomic E-state index is 0.126. The molecule has 100 valence electrons. The van der Waals surface area contributed by atoms with Crippen LogP contribution in [0.4, 0.5) is 5.69 Å². The van der Waals surface area contributed by atoms with E-state index in [9.17, 15) is 8.42 Å². The standard InChI is InChI=1S/C12H18N2O3S/c13-18(15,16)9-10-3-5-11(6-4-10)14-8-12-2-1-7-17-12/h3-6,12,14H,1-2,7-9H2,(H2,13,15,16). The summed E-state index contributed by atoms with van der Waals surface area (Å²) in [4.78, 5) is 0. The van der Waals surface area contributed by atoms with E-state index in [1.54, 1.807) is 12.1 Å². The van der Waals surface area contributed by atoms with E-state index in [-0.39, 0.29) is 11.9 Å². The van der Waals surface area contributed by atoms with Crippen LogP contribution in [0, 0.1) is 0 Å². The molecule has 1 aromatic carbocycles. The first-order chi connectivity index (χ1) is 8.53. The molecule has 0 radical (unpaired) electrons. The number of rotatable bonds is 5. The summed E-state index contributed by atoms with van der Waals surface area (Å²) in [6.45, 7) is 1.63. The van der Waals surface area contributed by atoms with Gasteiger partial charge in [-0.2, -0.15) is 0 Å². The van der Waals surface area contributed by atoms with Crippen LogP contribution in [0.15, 0.2) is 24.3 Å². The Morgan fingerprint density at radius 1 is 1.33 bits per heavy atom. The number of anilines is 1. The van der Waals surface area contributed by atoms with Gasteiger partial charge >= 0.3 is 0 Å². The summed E-state index contributed by atoms with van der Waals surface area (Å²) in [5.74, 6) is -0.126. The molecule has 1 heterocycles. The smallest absolute Gasteiger partial charge is 0.213 e. The van der Waals surface area contributed by atoms with Crippen molar-refractivity contribution in [3.8, 4) is 0 Å². The van der Waals surface area contributed by atoms with Crippen LogP contribution >= 0.6 is 0 Å². The Bertz CT molecular complexity index is 479. The quantitative estimate of drug-likeness (QED) is 0.838. The largest absolute Gasteiger partial charge is 0.382 e. The van der Waals surface area contributed by atoms with Crippen molar-refractivity contribution in [3.05, 3.63) is 29.8 Å². The highest BCUT2D eigenvalue weighted by atomic mass is 32.2. The third-order valence-electron chi connectivity index (χ3n) is 2.88. The van der Waals surface area contributed by atoms with Gasteiger partial charge in [-0.25, -0.2) is 13.6 Å². The van der Waals surface area contributed by atoms with E-state index in [0.29, 0.717) is 5.56 Å². The second-order valence-corrected chi connectivity index (χ2v) is 6.13. The van der Waals surface area contributed by atoms with Crippen molar-refractivity contribution >= 4 is 15.7 Å². The molecule has 0 bridgehead atoms. The molecule has 2 rings (SSSR count). The van der Waals surface area contributed by atoms with Crippen molar-refractivity contribution in [2.45, 2.75) is 24.7 Å². The van der Waals surface area contributed by atoms with Crippen molar-refractivity contribution in [1.82, 2.24) is 0 Å². The van der Waals surface area contributed by atoms with Gasteiger partial charge in [-0.15, -0.1) is 0 Å². The van der Waals surface area contributed by atoms with E-state index in [4.69, 9.17) is 9.88 Å². The number of hydrogen-bond donors (Lipinski definition) is 2. The van der Waals surface area contributed by atoms with E-state index in [1.807, 2.05) is 12.1 Å². The predicted molar refractivity (Wildman–Crippen MR) is 70.7 cm³/mol. The van der Waals surface area contributed by atoms with E-state index in [2.05, 4.69) is 5.32 Å². The highest BCUT2D eigenvalue weighted by Gasteiger charge is 2.14. The molecular formula is C12H18N2O3S. The van der Waals surface area contributed by atoms with Gasteiger partial charge in [-0.3, -0.25) is 0 Å². The van der Waals surface area contributed by atoms with Gasteiger partial charge in [-0.1, -0.05) is 12.1 Å². The number of nitrogens with one attached hydrogen (secondary N) is 1. The summed E-state index contributed by atoms with van der Waals surface area (Å²) in [5.41, 5.74) is 1.66. The van der Waals surface area contributed by atoms with Gasteiger partial charge in [0.05, 0.1) is 11.9 Å². The zero-order valence-electron chi connectivity index (χ0n) is 10.1. The number of ether oxygens (including phenoxy) is 1. The molecule has 0 aromatic heterocycles. The minimum atomic E-state index is -3.46. The molecule has 6 heteroatoms. The molecule has 18 heavy (non-hydrogen) atoms. The van der Waals surface area contributed by atoms with Gasteiger partial charge in [0.2, 0.25) is 10.0 Å². The maximum absolute atomic E-state index is 10.9. The lowest BCUT2D eigenvalue weighted by Crippen LogP contribution is -2.18. The topological polar surface area (TPSA) is 81.4 Å². The number of sulfonamides is 1. The van der Waals surface area contributed by atoms with Crippen LogP contribution in [0.2, 0.25) is 0 Å². The average Bonchev–Trinajstić information content (AvgIpc) is 2.79. The Balaban J connectivity index is 1.87. The summed E-state index contributed by atoms with van der Waals surface area (Å²) in [7, 11) is -3.46. The van der Waals surface area contributed by atoms with Crippen LogP contribution in [0.5, 0.6) is 0 Å². The second kappa shape index (κ2) is 5.69. The predicted octanol–water partition coefficient (Wildman–Crippen LogP) is 1.07. The molecule has 1 fully saturated rings. The number of benzene rings is 1. The van der Waals surface area contributed by atoms with E-state index in [0.717, 1.165) is 31.7 Å². The summed E-state index contributed by atoms with van der Waals surface area (Å²) in [5, 5.41) is 8.26. The van der Waals surface area contributed by atoms with Crippen molar-refractivity contribution in [2.24, 2.45) is 5.14 Å².